The standard InChI is InChI=1S/C21H33N5O3S/c1-23-21(25-11-5-6-18(16-25)14-20(22)27)24-15-17-7-9-19(10-8-17)30(28,29)26-12-3-2-4-13-26/h7-10,18H,2-6,11-16H2,1H3,(H2,22,27)(H,23,24). The maximum absolute atomic E-state index is 12.8. The van der Waals surface area contributed by atoms with Crippen molar-refractivity contribution >= 4 is 21.9 Å². The smallest absolute Gasteiger partial charge is 0.243 e. The average molecular weight is 436 g/mol. The predicted octanol–water partition coefficient (Wildman–Crippen LogP) is 1.52. The van der Waals surface area contributed by atoms with Crippen molar-refractivity contribution < 1.29 is 13.2 Å². The van der Waals surface area contributed by atoms with E-state index in [1.165, 1.54) is 0 Å². The number of likely N-dealkylation sites (tertiary alicyclic amines) is 1. The summed E-state index contributed by atoms with van der Waals surface area (Å²) in [5.74, 6) is 0.785. The first-order valence-electron chi connectivity index (χ1n) is 10.7. The zero-order chi connectivity index (χ0) is 21.6. The Labute approximate surface area is 179 Å². The van der Waals surface area contributed by atoms with Crippen LogP contribution in [0.3, 0.4) is 0 Å². The lowest BCUT2D eigenvalue weighted by atomic mass is 9.95. The van der Waals surface area contributed by atoms with Gasteiger partial charge in [0.15, 0.2) is 5.96 Å². The van der Waals surface area contributed by atoms with Gasteiger partial charge < -0.3 is 16.0 Å². The lowest BCUT2D eigenvalue weighted by Crippen LogP contribution is -2.46. The maximum atomic E-state index is 12.8. The molecular formula is C21H33N5O3S. The van der Waals surface area contributed by atoms with Crippen molar-refractivity contribution in [3.05, 3.63) is 29.8 Å². The first kappa shape index (κ1) is 22.6. The number of hydrogen-bond acceptors (Lipinski definition) is 4. The summed E-state index contributed by atoms with van der Waals surface area (Å²) < 4.78 is 27.1. The number of nitrogens with zero attached hydrogens (tertiary/aromatic N) is 3. The van der Waals surface area contributed by atoms with Crippen LogP contribution in [0, 0.1) is 5.92 Å². The van der Waals surface area contributed by atoms with Gasteiger partial charge in [-0.1, -0.05) is 18.6 Å². The van der Waals surface area contributed by atoms with Crippen LogP contribution in [0.1, 0.15) is 44.1 Å². The fourth-order valence-electron chi connectivity index (χ4n) is 4.26. The number of nitrogens with one attached hydrogen (secondary N) is 1. The third-order valence-electron chi connectivity index (χ3n) is 5.85. The fourth-order valence-corrected chi connectivity index (χ4v) is 5.77. The Morgan fingerprint density at radius 3 is 2.47 bits per heavy atom. The summed E-state index contributed by atoms with van der Waals surface area (Å²) in [5, 5.41) is 3.35. The van der Waals surface area contributed by atoms with Crippen molar-refractivity contribution in [1.29, 1.82) is 0 Å². The summed E-state index contributed by atoms with van der Waals surface area (Å²) in [4.78, 5) is 18.1. The largest absolute Gasteiger partial charge is 0.370 e. The molecule has 2 aliphatic rings. The molecule has 3 N–H and O–H groups in total. The van der Waals surface area contributed by atoms with Crippen LogP contribution in [0.2, 0.25) is 0 Å². The minimum atomic E-state index is -3.40. The third kappa shape index (κ3) is 5.72. The lowest BCUT2D eigenvalue weighted by molar-refractivity contribution is -0.119. The molecule has 9 heteroatoms. The Morgan fingerprint density at radius 1 is 1.13 bits per heavy atom. The third-order valence-corrected chi connectivity index (χ3v) is 7.76. The van der Waals surface area contributed by atoms with Crippen LogP contribution in [0.5, 0.6) is 0 Å². The van der Waals surface area contributed by atoms with Crippen LogP contribution in [0.15, 0.2) is 34.2 Å². The highest BCUT2D eigenvalue weighted by Gasteiger charge is 2.26. The van der Waals surface area contributed by atoms with Crippen LogP contribution >= 0.6 is 0 Å². The van der Waals surface area contributed by atoms with Gasteiger partial charge in [-0.25, -0.2) is 8.42 Å². The molecule has 3 rings (SSSR count). The number of guanidine groups is 1. The van der Waals surface area contributed by atoms with Gasteiger partial charge in [-0.05, 0) is 49.3 Å². The van der Waals surface area contributed by atoms with Gasteiger partial charge in [0.2, 0.25) is 15.9 Å². The molecule has 8 nitrogen and oxygen atoms in total. The van der Waals surface area contributed by atoms with Gasteiger partial charge in [0.1, 0.15) is 0 Å². The number of rotatable bonds is 6. The summed E-state index contributed by atoms with van der Waals surface area (Å²) in [6, 6.07) is 7.08. The van der Waals surface area contributed by atoms with Crippen LogP contribution in [-0.4, -0.2) is 62.7 Å². The number of amides is 1. The molecule has 2 heterocycles. The number of carbonyl (C=O) groups is 1. The van der Waals surface area contributed by atoms with E-state index < -0.39 is 10.0 Å². The maximum Gasteiger partial charge on any atom is 0.243 e. The second-order valence-corrected chi connectivity index (χ2v) is 10.1. The van der Waals surface area contributed by atoms with Crippen molar-refractivity contribution in [2.24, 2.45) is 16.6 Å². The number of carbonyl (C=O) groups excluding carboxylic acids is 1. The monoisotopic (exact) mass is 435 g/mol. The van der Waals surface area contributed by atoms with E-state index in [2.05, 4.69) is 15.2 Å². The lowest BCUT2D eigenvalue weighted by Gasteiger charge is -2.34. The normalized spacial score (nSPS) is 21.4. The minimum Gasteiger partial charge on any atom is -0.370 e. The zero-order valence-corrected chi connectivity index (χ0v) is 18.5. The molecule has 0 spiro atoms. The number of aliphatic imine (C=N–C) groups is 1. The van der Waals surface area contributed by atoms with Crippen LogP contribution in [0.25, 0.3) is 0 Å². The van der Waals surface area contributed by atoms with Gasteiger partial charge in [-0.3, -0.25) is 9.79 Å². The van der Waals surface area contributed by atoms with Crippen molar-refractivity contribution in [2.45, 2.75) is 50.0 Å². The SMILES string of the molecule is CN=C(NCc1ccc(S(=O)(=O)N2CCCCC2)cc1)N1CCCC(CC(N)=O)C1. The molecule has 2 fully saturated rings. The summed E-state index contributed by atoms with van der Waals surface area (Å²) in [6.45, 7) is 3.41. The van der Waals surface area contributed by atoms with Gasteiger partial charge in [-0.15, -0.1) is 0 Å². The van der Waals surface area contributed by atoms with E-state index in [-0.39, 0.29) is 11.8 Å². The molecule has 2 aliphatic heterocycles. The Morgan fingerprint density at radius 2 is 1.83 bits per heavy atom. The molecule has 1 aromatic carbocycles. The molecular weight excluding hydrogens is 402 g/mol. The molecule has 0 aromatic heterocycles. The molecule has 1 unspecified atom stereocenters. The highest BCUT2D eigenvalue weighted by Crippen LogP contribution is 2.21. The van der Waals surface area contributed by atoms with Crippen LogP contribution in [0.4, 0.5) is 0 Å². The molecule has 0 saturated carbocycles. The van der Waals surface area contributed by atoms with Gasteiger partial charge in [0.05, 0.1) is 4.90 Å². The number of hydrogen-bond donors (Lipinski definition) is 2. The summed E-state index contributed by atoms with van der Waals surface area (Å²) in [7, 11) is -1.66. The van der Waals surface area contributed by atoms with Crippen molar-refractivity contribution in [2.75, 3.05) is 33.2 Å². The number of sulfonamides is 1. The molecule has 30 heavy (non-hydrogen) atoms. The number of nitrogens with two attached hydrogens (primary N) is 1. The highest BCUT2D eigenvalue weighted by atomic mass is 32.2. The van der Waals surface area contributed by atoms with Gasteiger partial charge in [-0.2, -0.15) is 4.31 Å². The van der Waals surface area contributed by atoms with Crippen LogP contribution in [-0.2, 0) is 21.4 Å². The van der Waals surface area contributed by atoms with Gasteiger partial charge >= 0.3 is 0 Å². The topological polar surface area (TPSA) is 108 Å². The second-order valence-electron chi connectivity index (χ2n) is 8.13. The molecule has 1 amide bonds. The molecule has 2 saturated heterocycles. The molecule has 0 aliphatic carbocycles. The Hall–Kier alpha value is -2.13. The van der Waals surface area contributed by atoms with E-state index in [1.807, 2.05) is 12.1 Å². The van der Waals surface area contributed by atoms with Gasteiger partial charge in [0, 0.05) is 46.2 Å². The highest BCUT2D eigenvalue weighted by molar-refractivity contribution is 7.89. The van der Waals surface area contributed by atoms with E-state index >= 15 is 0 Å². The Bertz CT molecular complexity index is 848. The van der Waals surface area contributed by atoms with Crippen LogP contribution < -0.4 is 11.1 Å². The number of piperidine rings is 2. The first-order valence-corrected chi connectivity index (χ1v) is 12.2. The average Bonchev–Trinajstić information content (AvgIpc) is 2.75. The summed E-state index contributed by atoms with van der Waals surface area (Å²) in [6.07, 6.45) is 5.36. The zero-order valence-electron chi connectivity index (χ0n) is 17.7. The fraction of sp³-hybridized carbons (Fsp3) is 0.619. The Balaban J connectivity index is 1.58. The number of benzene rings is 1. The van der Waals surface area contributed by atoms with Crippen molar-refractivity contribution in [3.8, 4) is 0 Å². The van der Waals surface area contributed by atoms with E-state index in [0.717, 1.165) is 56.7 Å². The molecule has 166 valence electrons. The molecule has 1 atom stereocenters. The molecule has 0 bridgehead atoms. The van der Waals surface area contributed by atoms with E-state index in [0.29, 0.717) is 31.0 Å². The minimum absolute atomic E-state index is 0.258. The van der Waals surface area contributed by atoms with Crippen molar-refractivity contribution in [3.63, 3.8) is 0 Å². The predicted molar refractivity (Wildman–Crippen MR) is 117 cm³/mol. The first-order chi connectivity index (χ1) is 14.4. The van der Waals surface area contributed by atoms with E-state index in [4.69, 9.17) is 5.73 Å². The van der Waals surface area contributed by atoms with E-state index in [1.54, 1.807) is 23.5 Å². The Kier molecular flexibility index (Phi) is 7.71. The van der Waals surface area contributed by atoms with Crippen molar-refractivity contribution in [1.82, 2.24) is 14.5 Å². The second kappa shape index (κ2) is 10.3. The number of primary amides is 1. The molecule has 1 aromatic rings. The molecule has 0 radical (unpaired) electrons. The van der Waals surface area contributed by atoms with E-state index in [9.17, 15) is 13.2 Å². The summed E-state index contributed by atoms with van der Waals surface area (Å²) in [5.41, 5.74) is 6.34. The van der Waals surface area contributed by atoms with Gasteiger partial charge in [0.25, 0.3) is 0 Å². The quantitative estimate of drug-likeness (QED) is 0.520. The summed E-state index contributed by atoms with van der Waals surface area (Å²) >= 11 is 0.